The van der Waals surface area contributed by atoms with Crippen molar-refractivity contribution in [2.45, 2.75) is 52.0 Å². The summed E-state index contributed by atoms with van der Waals surface area (Å²) in [6.07, 6.45) is 3.63. The number of rotatable bonds is 4. The van der Waals surface area contributed by atoms with E-state index in [9.17, 15) is 4.79 Å². The maximum atomic E-state index is 13.1. The van der Waals surface area contributed by atoms with E-state index in [0.29, 0.717) is 24.0 Å². The fraction of sp³-hybridized carbons (Fsp3) is 0.684. The molecular formula is C19H28N6O2. The zero-order chi connectivity index (χ0) is 19.0. The third-order valence-electron chi connectivity index (χ3n) is 5.46. The summed E-state index contributed by atoms with van der Waals surface area (Å²) in [5.41, 5.74) is 2.72. The lowest BCUT2D eigenvalue weighted by Gasteiger charge is -2.31. The standard InChI is InChI=1S/C19H28N6O2/c1-12(2)9-16-20-18(27-23-16)13-5-4-7-25(10-13)19(26)17-14-11-24(3)8-6-15(14)21-22-17/h12-13H,4-11H2,1-3H3,(H,21,22). The molecule has 8 nitrogen and oxygen atoms in total. The van der Waals surface area contributed by atoms with Gasteiger partial charge in [0.2, 0.25) is 5.89 Å². The minimum atomic E-state index is 0.00872. The number of likely N-dealkylation sites (tertiary alicyclic amines) is 1. The minimum absolute atomic E-state index is 0.00872. The summed E-state index contributed by atoms with van der Waals surface area (Å²) in [7, 11) is 2.07. The Morgan fingerprint density at radius 2 is 2.22 bits per heavy atom. The van der Waals surface area contributed by atoms with Gasteiger partial charge in [-0.25, -0.2) is 0 Å². The molecule has 27 heavy (non-hydrogen) atoms. The number of nitrogens with one attached hydrogen (secondary N) is 1. The Bertz CT molecular complexity index is 811. The quantitative estimate of drug-likeness (QED) is 0.883. The highest BCUT2D eigenvalue weighted by molar-refractivity contribution is 5.94. The van der Waals surface area contributed by atoms with Crippen LogP contribution < -0.4 is 0 Å². The fourth-order valence-corrected chi connectivity index (χ4v) is 4.00. The van der Waals surface area contributed by atoms with Crippen LogP contribution in [0.25, 0.3) is 0 Å². The molecule has 4 heterocycles. The van der Waals surface area contributed by atoms with Gasteiger partial charge in [0.1, 0.15) is 0 Å². The van der Waals surface area contributed by atoms with Crippen LogP contribution in [0.1, 0.15) is 66.1 Å². The molecule has 1 fully saturated rings. The number of H-pyrrole nitrogens is 1. The molecule has 2 aromatic rings. The van der Waals surface area contributed by atoms with Gasteiger partial charge in [-0.05, 0) is 25.8 Å². The second kappa shape index (κ2) is 7.42. The highest BCUT2D eigenvalue weighted by Gasteiger charge is 2.32. The molecule has 0 bridgehead atoms. The number of amides is 1. The summed E-state index contributed by atoms with van der Waals surface area (Å²) in [5.74, 6) is 2.02. The minimum Gasteiger partial charge on any atom is -0.339 e. The van der Waals surface area contributed by atoms with Crippen LogP contribution in [0.5, 0.6) is 0 Å². The van der Waals surface area contributed by atoms with E-state index in [1.807, 2.05) is 4.90 Å². The molecule has 2 aromatic heterocycles. The van der Waals surface area contributed by atoms with Crippen LogP contribution in [0.2, 0.25) is 0 Å². The smallest absolute Gasteiger partial charge is 0.274 e. The number of fused-ring (bicyclic) bond motifs is 1. The topological polar surface area (TPSA) is 91.2 Å². The highest BCUT2D eigenvalue weighted by Crippen LogP contribution is 2.28. The molecule has 4 rings (SSSR count). The Morgan fingerprint density at radius 1 is 1.37 bits per heavy atom. The maximum absolute atomic E-state index is 13.1. The third-order valence-corrected chi connectivity index (χ3v) is 5.46. The van der Waals surface area contributed by atoms with E-state index in [1.165, 1.54) is 0 Å². The number of nitrogens with zero attached hydrogens (tertiary/aromatic N) is 5. The summed E-state index contributed by atoms with van der Waals surface area (Å²) in [4.78, 5) is 21.8. The summed E-state index contributed by atoms with van der Waals surface area (Å²) in [5, 5.41) is 11.5. The molecule has 1 N–H and O–H groups in total. The molecule has 0 aliphatic carbocycles. The van der Waals surface area contributed by atoms with Crippen molar-refractivity contribution < 1.29 is 9.32 Å². The number of aromatic amines is 1. The molecule has 2 aliphatic rings. The average molecular weight is 372 g/mol. The number of carbonyl (C=O) groups excluding carboxylic acids is 1. The van der Waals surface area contributed by atoms with Gasteiger partial charge in [0, 0.05) is 50.3 Å². The van der Waals surface area contributed by atoms with Gasteiger partial charge in [-0.2, -0.15) is 10.1 Å². The van der Waals surface area contributed by atoms with Crippen molar-refractivity contribution in [3.8, 4) is 0 Å². The first-order chi connectivity index (χ1) is 13.0. The van der Waals surface area contributed by atoms with Crippen LogP contribution in [-0.2, 0) is 19.4 Å². The molecule has 1 amide bonds. The summed E-state index contributed by atoms with van der Waals surface area (Å²) in [6, 6.07) is 0. The second-order valence-corrected chi connectivity index (χ2v) is 8.25. The molecule has 1 atom stereocenters. The van der Waals surface area contributed by atoms with E-state index in [-0.39, 0.29) is 11.8 Å². The zero-order valence-corrected chi connectivity index (χ0v) is 16.4. The Kier molecular flexibility index (Phi) is 4.99. The highest BCUT2D eigenvalue weighted by atomic mass is 16.5. The van der Waals surface area contributed by atoms with Gasteiger partial charge in [-0.1, -0.05) is 19.0 Å². The molecule has 1 saturated heterocycles. The second-order valence-electron chi connectivity index (χ2n) is 8.25. The van der Waals surface area contributed by atoms with Gasteiger partial charge in [-0.15, -0.1) is 0 Å². The predicted molar refractivity (Wildman–Crippen MR) is 99.3 cm³/mol. The normalized spacial score (nSPS) is 20.9. The van der Waals surface area contributed by atoms with Gasteiger partial charge in [0.05, 0.1) is 5.92 Å². The number of piperidine rings is 1. The largest absolute Gasteiger partial charge is 0.339 e. The maximum Gasteiger partial charge on any atom is 0.274 e. The zero-order valence-electron chi connectivity index (χ0n) is 16.4. The summed E-state index contributed by atoms with van der Waals surface area (Å²) < 4.78 is 5.50. The van der Waals surface area contributed by atoms with E-state index in [0.717, 1.165) is 62.4 Å². The Balaban J connectivity index is 1.48. The van der Waals surface area contributed by atoms with E-state index in [1.54, 1.807) is 0 Å². The van der Waals surface area contributed by atoms with E-state index in [2.05, 4.69) is 46.1 Å². The lowest BCUT2D eigenvalue weighted by atomic mass is 9.97. The van der Waals surface area contributed by atoms with Gasteiger partial charge in [0.25, 0.3) is 5.91 Å². The van der Waals surface area contributed by atoms with E-state index in [4.69, 9.17) is 4.52 Å². The van der Waals surface area contributed by atoms with Crippen molar-refractivity contribution in [2.24, 2.45) is 5.92 Å². The molecule has 1 unspecified atom stereocenters. The summed E-state index contributed by atoms with van der Waals surface area (Å²) in [6.45, 7) is 7.40. The van der Waals surface area contributed by atoms with Crippen LogP contribution in [0.4, 0.5) is 0 Å². The van der Waals surface area contributed by atoms with Crippen LogP contribution in [-0.4, -0.2) is 62.7 Å². The number of hydrogen-bond acceptors (Lipinski definition) is 6. The van der Waals surface area contributed by atoms with Gasteiger partial charge in [-0.3, -0.25) is 9.89 Å². The number of likely N-dealkylation sites (N-methyl/N-ethyl adjacent to an activating group) is 1. The lowest BCUT2D eigenvalue weighted by molar-refractivity contribution is 0.0687. The third kappa shape index (κ3) is 3.76. The fourth-order valence-electron chi connectivity index (χ4n) is 4.00. The van der Waals surface area contributed by atoms with Gasteiger partial charge < -0.3 is 14.3 Å². The van der Waals surface area contributed by atoms with Crippen molar-refractivity contribution in [3.05, 3.63) is 28.7 Å². The molecule has 0 aromatic carbocycles. The predicted octanol–water partition coefficient (Wildman–Crippen LogP) is 2.00. The van der Waals surface area contributed by atoms with Crippen molar-refractivity contribution in [1.29, 1.82) is 0 Å². The molecule has 146 valence electrons. The molecule has 2 aliphatic heterocycles. The first-order valence-corrected chi connectivity index (χ1v) is 9.87. The first kappa shape index (κ1) is 18.2. The monoisotopic (exact) mass is 372 g/mol. The molecule has 0 radical (unpaired) electrons. The molecule has 0 spiro atoms. The van der Waals surface area contributed by atoms with E-state index < -0.39 is 0 Å². The van der Waals surface area contributed by atoms with Crippen molar-refractivity contribution in [3.63, 3.8) is 0 Å². The molecular weight excluding hydrogens is 344 g/mol. The number of carbonyl (C=O) groups is 1. The van der Waals surface area contributed by atoms with Gasteiger partial charge >= 0.3 is 0 Å². The van der Waals surface area contributed by atoms with Crippen LogP contribution in [0, 0.1) is 5.92 Å². The van der Waals surface area contributed by atoms with Crippen molar-refractivity contribution in [2.75, 3.05) is 26.7 Å². The number of aromatic nitrogens is 4. The lowest BCUT2D eigenvalue weighted by Crippen LogP contribution is -2.40. The van der Waals surface area contributed by atoms with E-state index >= 15 is 0 Å². The molecule has 0 saturated carbocycles. The molecule has 8 heteroatoms. The average Bonchev–Trinajstić information content (AvgIpc) is 3.27. The Hall–Kier alpha value is -2.22. The first-order valence-electron chi connectivity index (χ1n) is 9.87. The summed E-state index contributed by atoms with van der Waals surface area (Å²) >= 11 is 0. The SMILES string of the molecule is CC(C)Cc1noc(C2CCCN(C(=O)c3n[nH]c4c3CN(C)CC4)C2)n1. The Morgan fingerprint density at radius 3 is 3.04 bits per heavy atom. The van der Waals surface area contributed by atoms with Crippen LogP contribution in [0.3, 0.4) is 0 Å². The van der Waals surface area contributed by atoms with Crippen molar-refractivity contribution >= 4 is 5.91 Å². The van der Waals surface area contributed by atoms with Crippen molar-refractivity contribution in [1.82, 2.24) is 30.1 Å². The number of hydrogen-bond donors (Lipinski definition) is 1. The van der Waals surface area contributed by atoms with Crippen LogP contribution >= 0.6 is 0 Å². The van der Waals surface area contributed by atoms with Gasteiger partial charge in [0.15, 0.2) is 11.5 Å². The van der Waals surface area contributed by atoms with Crippen LogP contribution in [0.15, 0.2) is 4.52 Å². The Labute approximate surface area is 159 Å².